The third-order valence-electron chi connectivity index (χ3n) is 4.26. The molecule has 24 heavy (non-hydrogen) atoms. The third-order valence-corrected chi connectivity index (χ3v) is 4.26. The molecule has 0 aliphatic heterocycles. The molecule has 0 unspecified atom stereocenters. The molecule has 126 valence electrons. The second-order valence-electron chi connectivity index (χ2n) is 6.44. The van der Waals surface area contributed by atoms with E-state index in [4.69, 9.17) is 4.74 Å². The fraction of sp³-hybridized carbons (Fsp3) is 0.350. The van der Waals surface area contributed by atoms with Gasteiger partial charge in [-0.25, -0.2) is 4.39 Å². The molecule has 0 radical (unpaired) electrons. The number of ether oxygens (including phenoxy) is 1. The summed E-state index contributed by atoms with van der Waals surface area (Å²) in [5, 5.41) is 0. The Kier molecular flexibility index (Phi) is 4.84. The van der Waals surface area contributed by atoms with Crippen LogP contribution in [-0.4, -0.2) is 23.5 Å². The van der Waals surface area contributed by atoms with Crippen molar-refractivity contribution in [3.63, 3.8) is 0 Å². The van der Waals surface area contributed by atoms with Gasteiger partial charge in [-0.2, -0.15) is 0 Å². The lowest BCUT2D eigenvalue weighted by Crippen LogP contribution is -2.36. The van der Waals surface area contributed by atoms with E-state index in [9.17, 15) is 9.18 Å². The van der Waals surface area contributed by atoms with Crippen molar-refractivity contribution < 1.29 is 13.9 Å². The van der Waals surface area contributed by atoms with Gasteiger partial charge >= 0.3 is 0 Å². The van der Waals surface area contributed by atoms with Crippen molar-refractivity contribution in [3.05, 3.63) is 65.0 Å². The van der Waals surface area contributed by atoms with Gasteiger partial charge in [0, 0.05) is 12.6 Å². The van der Waals surface area contributed by atoms with Crippen LogP contribution < -0.4 is 4.74 Å². The van der Waals surface area contributed by atoms with E-state index in [1.807, 2.05) is 36.9 Å². The summed E-state index contributed by atoms with van der Waals surface area (Å²) in [6, 6.07) is 12.5. The van der Waals surface area contributed by atoms with Crippen molar-refractivity contribution >= 4 is 5.91 Å². The average molecular weight is 327 g/mol. The fourth-order valence-corrected chi connectivity index (χ4v) is 2.78. The van der Waals surface area contributed by atoms with E-state index in [1.54, 1.807) is 12.1 Å². The topological polar surface area (TPSA) is 29.5 Å². The van der Waals surface area contributed by atoms with Gasteiger partial charge in [0.05, 0.1) is 0 Å². The van der Waals surface area contributed by atoms with Crippen LogP contribution in [0, 0.1) is 19.7 Å². The molecule has 0 saturated heterocycles. The van der Waals surface area contributed by atoms with Crippen LogP contribution in [0.3, 0.4) is 0 Å². The van der Waals surface area contributed by atoms with Crippen molar-refractivity contribution in [2.45, 2.75) is 39.3 Å². The highest BCUT2D eigenvalue weighted by Crippen LogP contribution is 2.29. The number of halogens is 1. The minimum Gasteiger partial charge on any atom is -0.483 e. The number of hydrogen-bond donors (Lipinski definition) is 0. The van der Waals surface area contributed by atoms with Gasteiger partial charge in [-0.05, 0) is 56.0 Å². The van der Waals surface area contributed by atoms with E-state index in [0.29, 0.717) is 6.54 Å². The molecule has 4 heteroatoms. The molecule has 0 aromatic heterocycles. The number of amides is 1. The van der Waals surface area contributed by atoms with Gasteiger partial charge < -0.3 is 9.64 Å². The maximum Gasteiger partial charge on any atom is 0.261 e. The molecule has 0 atom stereocenters. The first kappa shape index (κ1) is 16.5. The van der Waals surface area contributed by atoms with Crippen LogP contribution in [0.5, 0.6) is 5.75 Å². The minimum atomic E-state index is -0.263. The van der Waals surface area contributed by atoms with E-state index < -0.39 is 0 Å². The van der Waals surface area contributed by atoms with E-state index in [2.05, 4.69) is 0 Å². The number of hydrogen-bond acceptors (Lipinski definition) is 2. The fourth-order valence-electron chi connectivity index (χ4n) is 2.78. The van der Waals surface area contributed by atoms with Gasteiger partial charge in [-0.3, -0.25) is 4.79 Å². The molecule has 1 saturated carbocycles. The monoisotopic (exact) mass is 327 g/mol. The Labute approximate surface area is 142 Å². The summed E-state index contributed by atoms with van der Waals surface area (Å²) < 4.78 is 18.7. The second kappa shape index (κ2) is 7.04. The molecule has 2 aromatic carbocycles. The SMILES string of the molecule is Cc1ccc(OCC(=O)N(Cc2ccc(F)cc2)C2CC2)c(C)c1. The highest BCUT2D eigenvalue weighted by atomic mass is 19.1. The number of aryl methyl sites for hydroxylation is 2. The Balaban J connectivity index is 1.63. The first-order valence-electron chi connectivity index (χ1n) is 8.27. The molecule has 1 aliphatic carbocycles. The molecule has 1 amide bonds. The Hall–Kier alpha value is -2.36. The zero-order valence-electron chi connectivity index (χ0n) is 14.1. The highest BCUT2D eigenvalue weighted by Gasteiger charge is 2.32. The van der Waals surface area contributed by atoms with E-state index in [1.165, 1.54) is 17.7 Å². The van der Waals surface area contributed by atoms with Crippen molar-refractivity contribution in [1.82, 2.24) is 4.90 Å². The smallest absolute Gasteiger partial charge is 0.261 e. The summed E-state index contributed by atoms with van der Waals surface area (Å²) in [5.74, 6) is 0.453. The molecule has 0 bridgehead atoms. The number of rotatable bonds is 6. The van der Waals surface area contributed by atoms with Crippen LogP contribution in [0.4, 0.5) is 4.39 Å². The Bertz CT molecular complexity index is 723. The number of benzene rings is 2. The maximum absolute atomic E-state index is 13.0. The van der Waals surface area contributed by atoms with E-state index in [-0.39, 0.29) is 24.4 Å². The molecular formula is C20H22FNO2. The molecule has 1 aliphatic rings. The largest absolute Gasteiger partial charge is 0.483 e. The third kappa shape index (κ3) is 4.13. The molecular weight excluding hydrogens is 305 g/mol. The van der Waals surface area contributed by atoms with Gasteiger partial charge in [0.2, 0.25) is 0 Å². The number of carbonyl (C=O) groups excluding carboxylic acids is 1. The van der Waals surface area contributed by atoms with Gasteiger partial charge in [-0.1, -0.05) is 29.8 Å². The van der Waals surface area contributed by atoms with Crippen LogP contribution in [0.15, 0.2) is 42.5 Å². The van der Waals surface area contributed by atoms with Crippen LogP contribution in [0.1, 0.15) is 29.5 Å². The summed E-state index contributed by atoms with van der Waals surface area (Å²) in [6.07, 6.45) is 2.05. The van der Waals surface area contributed by atoms with Crippen molar-refractivity contribution in [2.24, 2.45) is 0 Å². The lowest BCUT2D eigenvalue weighted by molar-refractivity contribution is -0.134. The standard InChI is InChI=1S/C20H22FNO2/c1-14-3-10-19(15(2)11-14)24-13-20(23)22(18-8-9-18)12-16-4-6-17(21)7-5-16/h3-7,10-11,18H,8-9,12-13H2,1-2H3. The Morgan fingerprint density at radius 2 is 1.88 bits per heavy atom. The molecule has 3 nitrogen and oxygen atoms in total. The highest BCUT2D eigenvalue weighted by molar-refractivity contribution is 5.78. The van der Waals surface area contributed by atoms with Gasteiger partial charge in [0.25, 0.3) is 5.91 Å². The quantitative estimate of drug-likeness (QED) is 0.802. The van der Waals surface area contributed by atoms with Crippen LogP contribution in [0.2, 0.25) is 0 Å². The molecule has 3 rings (SSSR count). The number of carbonyl (C=O) groups is 1. The Morgan fingerprint density at radius 3 is 2.50 bits per heavy atom. The first-order chi connectivity index (χ1) is 11.5. The summed E-state index contributed by atoms with van der Waals surface area (Å²) in [6.45, 7) is 4.53. The lowest BCUT2D eigenvalue weighted by atomic mass is 10.1. The van der Waals surface area contributed by atoms with Crippen molar-refractivity contribution in [3.8, 4) is 5.75 Å². The minimum absolute atomic E-state index is 0.0261. The van der Waals surface area contributed by atoms with Gasteiger partial charge in [-0.15, -0.1) is 0 Å². The Morgan fingerprint density at radius 1 is 1.17 bits per heavy atom. The molecule has 0 heterocycles. The molecule has 0 N–H and O–H groups in total. The zero-order chi connectivity index (χ0) is 17.1. The first-order valence-corrected chi connectivity index (χ1v) is 8.27. The normalized spacial score (nSPS) is 13.6. The summed E-state index contributed by atoms with van der Waals surface area (Å²) in [7, 11) is 0. The van der Waals surface area contributed by atoms with Crippen molar-refractivity contribution in [2.75, 3.05) is 6.61 Å². The summed E-state index contributed by atoms with van der Waals surface area (Å²) >= 11 is 0. The molecule has 0 spiro atoms. The average Bonchev–Trinajstić information content (AvgIpc) is 3.38. The predicted octanol–water partition coefficient (Wildman–Crippen LogP) is 4.01. The van der Waals surface area contributed by atoms with Gasteiger partial charge in [0.15, 0.2) is 6.61 Å². The molecule has 1 fully saturated rings. The maximum atomic E-state index is 13.0. The summed E-state index contributed by atoms with van der Waals surface area (Å²) in [5.41, 5.74) is 3.13. The molecule has 2 aromatic rings. The summed E-state index contributed by atoms with van der Waals surface area (Å²) in [4.78, 5) is 14.4. The van der Waals surface area contributed by atoms with Crippen LogP contribution in [0.25, 0.3) is 0 Å². The second-order valence-corrected chi connectivity index (χ2v) is 6.44. The number of nitrogens with zero attached hydrogens (tertiary/aromatic N) is 1. The lowest BCUT2D eigenvalue weighted by Gasteiger charge is -2.23. The zero-order valence-corrected chi connectivity index (χ0v) is 14.1. The van der Waals surface area contributed by atoms with Crippen molar-refractivity contribution in [1.29, 1.82) is 0 Å². The van der Waals surface area contributed by atoms with E-state index in [0.717, 1.165) is 29.7 Å². The van der Waals surface area contributed by atoms with Crippen LogP contribution >= 0.6 is 0 Å². The van der Waals surface area contributed by atoms with Gasteiger partial charge in [0.1, 0.15) is 11.6 Å². The predicted molar refractivity (Wildman–Crippen MR) is 91.4 cm³/mol. The van der Waals surface area contributed by atoms with Crippen LogP contribution in [-0.2, 0) is 11.3 Å². The van der Waals surface area contributed by atoms with E-state index >= 15 is 0 Å².